The predicted octanol–water partition coefficient (Wildman–Crippen LogP) is 5.25. The molecule has 0 aliphatic carbocycles. The summed E-state index contributed by atoms with van der Waals surface area (Å²) in [6.07, 6.45) is -4.83. The number of aliphatic hydroxyl groups is 1. The number of rotatable bonds is 9. The van der Waals surface area contributed by atoms with E-state index in [4.69, 9.17) is 14.2 Å². The van der Waals surface area contributed by atoms with Crippen LogP contribution < -0.4 is 24.8 Å². The molecule has 4 aromatic rings. The van der Waals surface area contributed by atoms with E-state index >= 15 is 0 Å². The third kappa shape index (κ3) is 6.47. The van der Waals surface area contributed by atoms with Crippen LogP contribution in [0.1, 0.15) is 11.1 Å². The number of fused-ring (bicyclic) bond motifs is 1. The average molecular weight is 545 g/mol. The molecule has 4 rings (SSSR count). The van der Waals surface area contributed by atoms with Gasteiger partial charge in [-0.2, -0.15) is 13.2 Å². The van der Waals surface area contributed by atoms with Crippen LogP contribution in [0, 0.1) is 5.82 Å². The summed E-state index contributed by atoms with van der Waals surface area (Å²) in [6.45, 7) is -0.251. The lowest BCUT2D eigenvalue weighted by atomic mass is 10.1. The zero-order chi connectivity index (χ0) is 28.2. The molecule has 3 N–H and O–H groups in total. The van der Waals surface area contributed by atoms with Gasteiger partial charge in [0.1, 0.15) is 5.75 Å². The summed E-state index contributed by atoms with van der Waals surface area (Å²) < 4.78 is 69.8. The summed E-state index contributed by atoms with van der Waals surface area (Å²) in [5.41, 5.74) is -0.0716. The van der Waals surface area contributed by atoms with Gasteiger partial charge in [0.15, 0.2) is 23.1 Å². The molecular formula is C27H23F4N3O5. The molecular weight excluding hydrogens is 522 g/mol. The summed E-state index contributed by atoms with van der Waals surface area (Å²) in [5, 5.41) is 15.5. The van der Waals surface area contributed by atoms with Gasteiger partial charge in [0.25, 0.3) is 5.91 Å². The molecule has 39 heavy (non-hydrogen) atoms. The summed E-state index contributed by atoms with van der Waals surface area (Å²) in [6, 6.07) is 13.0. The first-order chi connectivity index (χ1) is 18.6. The summed E-state index contributed by atoms with van der Waals surface area (Å²) in [4.78, 5) is 16.5. The number of hydrogen-bond donors (Lipinski definition) is 3. The Balaban J connectivity index is 1.42. The quantitative estimate of drug-likeness (QED) is 0.195. The molecule has 0 aliphatic heterocycles. The lowest BCUT2D eigenvalue weighted by molar-refractivity contribution is -0.137. The van der Waals surface area contributed by atoms with E-state index in [0.717, 1.165) is 18.2 Å². The summed E-state index contributed by atoms with van der Waals surface area (Å²) in [5.74, 6) is -0.638. The van der Waals surface area contributed by atoms with Gasteiger partial charge in [-0.05, 0) is 42.0 Å². The fourth-order valence-electron chi connectivity index (χ4n) is 3.70. The van der Waals surface area contributed by atoms with E-state index in [0.29, 0.717) is 28.2 Å². The lowest BCUT2D eigenvalue weighted by Crippen LogP contribution is -2.39. The molecule has 0 saturated heterocycles. The molecule has 0 aliphatic rings. The second-order valence-electron chi connectivity index (χ2n) is 8.24. The normalized spacial score (nSPS) is 12.1. The minimum absolute atomic E-state index is 0.0626. The number of methoxy groups -OCH3 is 2. The second kappa shape index (κ2) is 11.4. The molecule has 3 aromatic carbocycles. The molecule has 0 spiro atoms. The number of hydrogen-bond acceptors (Lipinski definition) is 7. The molecule has 8 nitrogen and oxygen atoms in total. The van der Waals surface area contributed by atoms with Crippen molar-refractivity contribution >= 4 is 22.5 Å². The van der Waals surface area contributed by atoms with Crippen molar-refractivity contribution in [2.24, 2.45) is 0 Å². The van der Waals surface area contributed by atoms with Crippen molar-refractivity contribution in [2.45, 2.75) is 18.9 Å². The van der Waals surface area contributed by atoms with Crippen molar-refractivity contribution in [2.75, 3.05) is 19.5 Å². The number of benzene rings is 3. The highest BCUT2D eigenvalue weighted by Crippen LogP contribution is 2.37. The molecule has 1 unspecified atom stereocenters. The zero-order valence-corrected chi connectivity index (χ0v) is 20.7. The van der Waals surface area contributed by atoms with Gasteiger partial charge in [0.05, 0.1) is 25.3 Å². The largest absolute Gasteiger partial charge is 0.493 e. The van der Waals surface area contributed by atoms with Crippen LogP contribution in [0.2, 0.25) is 0 Å². The van der Waals surface area contributed by atoms with E-state index in [1.807, 2.05) is 0 Å². The third-order valence-corrected chi connectivity index (χ3v) is 5.63. The standard InChI is InChI=1S/C27H23F4N3O5/c1-37-23-12-18-20(13-24(23)38-2)32-9-8-21(18)39-22-7-6-17(11-19(22)28)34-26(36)25(35)33-14-15-4-3-5-16(10-15)27(29,30)31/h3-13,26,34,36H,14H2,1-2H3,(H,33,35). The molecule has 12 heteroatoms. The minimum Gasteiger partial charge on any atom is -0.493 e. The van der Waals surface area contributed by atoms with E-state index in [2.05, 4.69) is 15.6 Å². The SMILES string of the molecule is COc1cc2nccc(Oc3ccc(NC(O)C(=O)NCc4cccc(C(F)(F)F)c4)cc3F)c2cc1OC. The fourth-order valence-corrected chi connectivity index (χ4v) is 3.70. The van der Waals surface area contributed by atoms with Crippen molar-refractivity contribution in [1.82, 2.24) is 10.3 Å². The average Bonchev–Trinajstić information content (AvgIpc) is 2.92. The smallest absolute Gasteiger partial charge is 0.416 e. The Hall–Kier alpha value is -4.58. The number of nitrogens with zero attached hydrogens (tertiary/aromatic N) is 1. The first-order valence-electron chi connectivity index (χ1n) is 11.5. The Kier molecular flexibility index (Phi) is 8.05. The number of pyridine rings is 1. The monoisotopic (exact) mass is 545 g/mol. The molecule has 0 bridgehead atoms. The Morgan fingerprint density at radius 2 is 1.72 bits per heavy atom. The van der Waals surface area contributed by atoms with Gasteiger partial charge in [-0.1, -0.05) is 12.1 Å². The number of halogens is 4. The van der Waals surface area contributed by atoms with E-state index in [1.165, 1.54) is 44.7 Å². The van der Waals surface area contributed by atoms with Crippen molar-refractivity contribution in [1.29, 1.82) is 0 Å². The highest BCUT2D eigenvalue weighted by atomic mass is 19.4. The minimum atomic E-state index is -4.52. The van der Waals surface area contributed by atoms with Gasteiger partial charge in [0.2, 0.25) is 6.23 Å². The van der Waals surface area contributed by atoms with Crippen LogP contribution in [0.25, 0.3) is 10.9 Å². The van der Waals surface area contributed by atoms with Gasteiger partial charge < -0.3 is 30.0 Å². The Morgan fingerprint density at radius 3 is 2.41 bits per heavy atom. The topological polar surface area (TPSA) is 102 Å². The number of amides is 1. The number of aromatic nitrogens is 1. The van der Waals surface area contributed by atoms with Crippen LogP contribution in [0.15, 0.2) is 66.9 Å². The van der Waals surface area contributed by atoms with Crippen LogP contribution in [0.4, 0.5) is 23.2 Å². The van der Waals surface area contributed by atoms with Crippen LogP contribution >= 0.6 is 0 Å². The number of aliphatic hydroxyl groups excluding tert-OH is 1. The zero-order valence-electron chi connectivity index (χ0n) is 20.7. The van der Waals surface area contributed by atoms with Crippen LogP contribution in [-0.4, -0.2) is 36.4 Å². The Bertz CT molecular complexity index is 1500. The van der Waals surface area contributed by atoms with Crippen LogP contribution in [0.3, 0.4) is 0 Å². The molecule has 0 saturated carbocycles. The van der Waals surface area contributed by atoms with Gasteiger partial charge in [-0.25, -0.2) is 4.39 Å². The molecule has 0 radical (unpaired) electrons. The predicted molar refractivity (Wildman–Crippen MR) is 134 cm³/mol. The van der Waals surface area contributed by atoms with Gasteiger partial charge >= 0.3 is 6.18 Å². The maximum atomic E-state index is 14.9. The summed E-state index contributed by atoms with van der Waals surface area (Å²) >= 11 is 0. The number of ether oxygens (including phenoxy) is 3. The van der Waals surface area contributed by atoms with Gasteiger partial charge in [0, 0.05) is 35.9 Å². The van der Waals surface area contributed by atoms with Crippen molar-refractivity contribution in [3.63, 3.8) is 0 Å². The van der Waals surface area contributed by atoms with Gasteiger partial charge in [-0.3, -0.25) is 9.78 Å². The van der Waals surface area contributed by atoms with Crippen molar-refractivity contribution in [3.05, 3.63) is 83.8 Å². The Morgan fingerprint density at radius 1 is 0.974 bits per heavy atom. The number of carbonyl (C=O) groups excluding carboxylic acids is 1. The molecule has 1 atom stereocenters. The molecule has 204 valence electrons. The number of alkyl halides is 3. The van der Waals surface area contributed by atoms with Crippen LogP contribution in [0.5, 0.6) is 23.0 Å². The number of carbonyl (C=O) groups is 1. The maximum Gasteiger partial charge on any atom is 0.416 e. The van der Waals surface area contributed by atoms with E-state index in [1.54, 1.807) is 18.2 Å². The fraction of sp³-hybridized carbons (Fsp3) is 0.185. The highest BCUT2D eigenvalue weighted by Gasteiger charge is 2.30. The molecule has 1 amide bonds. The first-order valence-corrected chi connectivity index (χ1v) is 11.5. The van der Waals surface area contributed by atoms with Crippen molar-refractivity contribution in [3.8, 4) is 23.0 Å². The maximum absolute atomic E-state index is 14.9. The highest BCUT2D eigenvalue weighted by molar-refractivity contribution is 5.88. The summed E-state index contributed by atoms with van der Waals surface area (Å²) in [7, 11) is 2.97. The number of anilines is 1. The lowest BCUT2D eigenvalue weighted by Gasteiger charge is -2.16. The molecule has 1 heterocycles. The second-order valence-corrected chi connectivity index (χ2v) is 8.24. The van der Waals surface area contributed by atoms with E-state index in [-0.39, 0.29) is 23.5 Å². The van der Waals surface area contributed by atoms with Gasteiger partial charge in [-0.15, -0.1) is 0 Å². The molecule has 0 fully saturated rings. The third-order valence-electron chi connectivity index (χ3n) is 5.63. The first kappa shape index (κ1) is 27.5. The number of nitrogens with one attached hydrogen (secondary N) is 2. The Labute approximate surface area is 220 Å². The van der Waals surface area contributed by atoms with E-state index in [9.17, 15) is 27.5 Å². The van der Waals surface area contributed by atoms with Crippen molar-refractivity contribution < 1.29 is 41.7 Å². The van der Waals surface area contributed by atoms with E-state index < -0.39 is 29.7 Å². The molecule has 1 aromatic heterocycles. The van der Waals surface area contributed by atoms with Crippen LogP contribution in [-0.2, 0) is 17.5 Å².